The predicted molar refractivity (Wildman–Crippen MR) is 80.7 cm³/mol. The molecule has 6 heteroatoms. The highest BCUT2D eigenvalue weighted by molar-refractivity contribution is 7.09. The highest BCUT2D eigenvalue weighted by Gasteiger charge is 2.48. The molecule has 1 aliphatic carbocycles. The van der Waals surface area contributed by atoms with Crippen molar-refractivity contribution < 1.29 is 13.6 Å². The number of carbonyl (C=O) groups is 1. The van der Waals surface area contributed by atoms with Crippen LogP contribution in [0.5, 0.6) is 0 Å². The number of hydrogen-bond donors (Lipinski definition) is 1. The van der Waals surface area contributed by atoms with Crippen LogP contribution >= 0.6 is 11.3 Å². The zero-order valence-electron chi connectivity index (χ0n) is 11.9. The lowest BCUT2D eigenvalue weighted by atomic mass is 9.63. The zero-order valence-corrected chi connectivity index (χ0v) is 12.8. The van der Waals surface area contributed by atoms with Gasteiger partial charge < -0.3 is 5.32 Å². The summed E-state index contributed by atoms with van der Waals surface area (Å²) in [6.45, 7) is 0.421. The van der Waals surface area contributed by atoms with Crippen LogP contribution in [0.4, 0.5) is 8.78 Å². The molecule has 1 aromatic carbocycles. The topological polar surface area (TPSA) is 42.0 Å². The van der Waals surface area contributed by atoms with Gasteiger partial charge in [0.05, 0.1) is 10.4 Å². The lowest BCUT2D eigenvalue weighted by molar-refractivity contribution is -0.130. The maximum Gasteiger partial charge on any atom is 0.230 e. The summed E-state index contributed by atoms with van der Waals surface area (Å²) in [5.74, 6) is -1.58. The Morgan fingerprint density at radius 3 is 2.59 bits per heavy atom. The highest BCUT2D eigenvalue weighted by Crippen LogP contribution is 2.45. The van der Waals surface area contributed by atoms with Crippen molar-refractivity contribution in [3.63, 3.8) is 0 Å². The molecular weight excluding hydrogens is 306 g/mol. The van der Waals surface area contributed by atoms with Crippen molar-refractivity contribution >= 4 is 17.2 Å². The Morgan fingerprint density at radius 2 is 2.05 bits per heavy atom. The molecule has 0 unspecified atom stereocenters. The van der Waals surface area contributed by atoms with E-state index in [0.717, 1.165) is 11.4 Å². The second-order valence-electron chi connectivity index (χ2n) is 5.46. The molecule has 1 N–H and O–H groups in total. The van der Waals surface area contributed by atoms with Crippen molar-refractivity contribution in [2.75, 3.05) is 6.54 Å². The Morgan fingerprint density at radius 1 is 1.32 bits per heavy atom. The number of rotatable bonds is 5. The van der Waals surface area contributed by atoms with E-state index in [1.807, 2.05) is 5.38 Å². The molecule has 2 aromatic rings. The lowest BCUT2D eigenvalue weighted by Crippen LogP contribution is -2.50. The van der Waals surface area contributed by atoms with Crippen molar-refractivity contribution in [1.82, 2.24) is 10.3 Å². The van der Waals surface area contributed by atoms with E-state index < -0.39 is 17.0 Å². The lowest BCUT2D eigenvalue weighted by Gasteiger charge is -2.40. The van der Waals surface area contributed by atoms with E-state index in [0.29, 0.717) is 25.8 Å². The molecule has 1 fully saturated rings. The second-order valence-corrected chi connectivity index (χ2v) is 6.44. The van der Waals surface area contributed by atoms with Crippen LogP contribution in [0, 0.1) is 11.6 Å². The molecule has 0 saturated heterocycles. The molecule has 1 amide bonds. The normalized spacial score (nSPS) is 16.1. The Kier molecular flexibility index (Phi) is 4.20. The number of halogens is 2. The van der Waals surface area contributed by atoms with Gasteiger partial charge in [0.2, 0.25) is 5.91 Å². The van der Waals surface area contributed by atoms with Gasteiger partial charge in [-0.25, -0.2) is 13.8 Å². The molecule has 1 heterocycles. The van der Waals surface area contributed by atoms with Crippen LogP contribution in [0.25, 0.3) is 0 Å². The quantitative estimate of drug-likeness (QED) is 0.918. The van der Waals surface area contributed by atoms with Gasteiger partial charge in [0.15, 0.2) is 0 Å². The van der Waals surface area contributed by atoms with Crippen LogP contribution in [0.3, 0.4) is 0 Å². The summed E-state index contributed by atoms with van der Waals surface area (Å²) in [6.07, 6.45) is 4.10. The zero-order chi connectivity index (χ0) is 15.6. The van der Waals surface area contributed by atoms with Crippen LogP contribution in [0.1, 0.15) is 29.8 Å². The number of benzene rings is 1. The van der Waals surface area contributed by atoms with Gasteiger partial charge in [0.1, 0.15) is 11.6 Å². The van der Waals surface area contributed by atoms with Gasteiger partial charge in [-0.05, 0) is 25.0 Å². The fourth-order valence-corrected chi connectivity index (χ4v) is 3.52. The van der Waals surface area contributed by atoms with Gasteiger partial charge in [-0.15, -0.1) is 11.3 Å². The van der Waals surface area contributed by atoms with E-state index >= 15 is 0 Å². The summed E-state index contributed by atoms with van der Waals surface area (Å²) in [6, 6.07) is 3.74. The van der Waals surface area contributed by atoms with Gasteiger partial charge in [-0.3, -0.25) is 4.79 Å². The fraction of sp³-hybridized carbons (Fsp3) is 0.375. The van der Waals surface area contributed by atoms with Crippen molar-refractivity contribution in [3.8, 4) is 0 Å². The van der Waals surface area contributed by atoms with E-state index in [-0.39, 0.29) is 11.5 Å². The number of hydrogen-bond acceptors (Lipinski definition) is 3. The molecule has 0 radical (unpaired) electrons. The fourth-order valence-electron chi connectivity index (χ4n) is 2.90. The minimum atomic E-state index is -1.06. The molecule has 1 aliphatic rings. The van der Waals surface area contributed by atoms with Crippen molar-refractivity contribution in [2.45, 2.75) is 31.1 Å². The third-order valence-corrected chi connectivity index (χ3v) is 5.03. The van der Waals surface area contributed by atoms with Crippen LogP contribution in [-0.2, 0) is 16.6 Å². The van der Waals surface area contributed by atoms with Gasteiger partial charge in [-0.2, -0.15) is 0 Å². The first-order chi connectivity index (χ1) is 10.6. The van der Waals surface area contributed by atoms with Gasteiger partial charge in [-0.1, -0.05) is 12.5 Å². The van der Waals surface area contributed by atoms with Gasteiger partial charge in [0.25, 0.3) is 0 Å². The van der Waals surface area contributed by atoms with E-state index in [1.165, 1.54) is 29.5 Å². The molecular formula is C16H16F2N2OS. The minimum absolute atomic E-state index is 0.0898. The molecule has 1 aromatic heterocycles. The van der Waals surface area contributed by atoms with E-state index in [4.69, 9.17) is 0 Å². The summed E-state index contributed by atoms with van der Waals surface area (Å²) < 4.78 is 28.1. The Labute approximate surface area is 131 Å². The average Bonchev–Trinajstić information content (AvgIpc) is 2.94. The molecule has 3 nitrogen and oxygen atoms in total. The van der Waals surface area contributed by atoms with Crippen LogP contribution < -0.4 is 5.32 Å². The molecule has 3 rings (SSSR count). The number of nitrogens with one attached hydrogen (secondary N) is 1. The summed E-state index contributed by atoms with van der Waals surface area (Å²) >= 11 is 1.52. The number of carbonyl (C=O) groups excluding carboxylic acids is 1. The number of nitrogens with zero attached hydrogens (tertiary/aromatic N) is 1. The maximum atomic E-state index is 14.0. The third-order valence-electron chi connectivity index (χ3n) is 4.19. The molecule has 0 aliphatic heterocycles. The Balaban J connectivity index is 1.74. The maximum absolute atomic E-state index is 14.0. The van der Waals surface area contributed by atoms with E-state index in [2.05, 4.69) is 10.3 Å². The highest BCUT2D eigenvalue weighted by atomic mass is 32.1. The molecule has 0 atom stereocenters. The van der Waals surface area contributed by atoms with Gasteiger partial charge >= 0.3 is 0 Å². The summed E-state index contributed by atoms with van der Waals surface area (Å²) in [4.78, 5) is 16.7. The SMILES string of the molecule is O=C(NCCc1nccs1)C1(c2c(F)cccc2F)CCC1. The Hall–Kier alpha value is -1.82. The average molecular weight is 322 g/mol. The minimum Gasteiger partial charge on any atom is -0.355 e. The van der Waals surface area contributed by atoms with Crippen LogP contribution in [-0.4, -0.2) is 17.4 Å². The van der Waals surface area contributed by atoms with Crippen molar-refractivity contribution in [2.24, 2.45) is 0 Å². The third kappa shape index (κ3) is 2.63. The van der Waals surface area contributed by atoms with Crippen LogP contribution in [0.15, 0.2) is 29.8 Å². The smallest absolute Gasteiger partial charge is 0.230 e. The first-order valence-corrected chi connectivity index (χ1v) is 8.12. The molecule has 1 saturated carbocycles. The summed E-state index contributed by atoms with van der Waals surface area (Å²) in [5, 5.41) is 5.62. The van der Waals surface area contributed by atoms with Crippen molar-refractivity contribution in [1.29, 1.82) is 0 Å². The first-order valence-electron chi connectivity index (χ1n) is 7.25. The number of thiazole rings is 1. The predicted octanol–water partition coefficient (Wildman–Crippen LogP) is 3.20. The number of aromatic nitrogens is 1. The summed E-state index contributed by atoms with van der Waals surface area (Å²) in [5.41, 5.74) is -1.15. The molecule has 0 spiro atoms. The standard InChI is InChI=1S/C16H16F2N2OS/c17-11-3-1-4-12(18)14(11)16(6-2-7-16)15(21)20-8-5-13-19-9-10-22-13/h1,3-4,9-10H,2,5-8H2,(H,20,21). The molecule has 0 bridgehead atoms. The summed E-state index contributed by atoms with van der Waals surface area (Å²) in [7, 11) is 0. The van der Waals surface area contributed by atoms with E-state index in [9.17, 15) is 13.6 Å². The van der Waals surface area contributed by atoms with Crippen molar-refractivity contribution in [3.05, 3.63) is 52.0 Å². The van der Waals surface area contributed by atoms with Crippen LogP contribution in [0.2, 0.25) is 0 Å². The monoisotopic (exact) mass is 322 g/mol. The largest absolute Gasteiger partial charge is 0.355 e. The Bertz CT molecular complexity index is 649. The van der Waals surface area contributed by atoms with E-state index in [1.54, 1.807) is 6.20 Å². The van der Waals surface area contributed by atoms with Gasteiger partial charge in [0, 0.05) is 30.1 Å². The molecule has 116 valence electrons. The molecule has 22 heavy (non-hydrogen) atoms. The first kappa shape index (κ1) is 15.1. The second kappa shape index (κ2) is 6.12. The number of amides is 1.